The number of benzene rings is 1. The second-order valence-electron chi connectivity index (χ2n) is 5.15. The molecule has 0 aromatic heterocycles. The van der Waals surface area contributed by atoms with E-state index in [-0.39, 0.29) is 23.7 Å². The number of amides is 1. The Morgan fingerprint density at radius 1 is 1.42 bits per heavy atom. The van der Waals surface area contributed by atoms with Gasteiger partial charge in [-0.05, 0) is 37.0 Å². The van der Waals surface area contributed by atoms with Crippen molar-refractivity contribution in [3.8, 4) is 0 Å². The molecule has 1 aromatic rings. The van der Waals surface area contributed by atoms with Gasteiger partial charge in [0.15, 0.2) is 0 Å². The molecule has 0 aliphatic rings. The van der Waals surface area contributed by atoms with Crippen LogP contribution in [0.5, 0.6) is 0 Å². The summed E-state index contributed by atoms with van der Waals surface area (Å²) in [5.41, 5.74) is 7.20. The van der Waals surface area contributed by atoms with Crippen LogP contribution in [0.2, 0.25) is 0 Å². The average Bonchev–Trinajstić information content (AvgIpc) is 2.39. The van der Waals surface area contributed by atoms with Gasteiger partial charge in [0.25, 0.3) is 0 Å². The third-order valence-electron chi connectivity index (χ3n) is 3.61. The maximum absolute atomic E-state index is 13.5. The van der Waals surface area contributed by atoms with Crippen molar-refractivity contribution in [2.24, 2.45) is 11.7 Å². The molecule has 0 aliphatic carbocycles. The van der Waals surface area contributed by atoms with E-state index in [2.05, 4.69) is 5.32 Å². The first kappa shape index (κ1) is 15.6. The fourth-order valence-electron chi connectivity index (χ4n) is 1.78. The van der Waals surface area contributed by atoms with E-state index in [0.717, 1.165) is 12.0 Å². The Morgan fingerprint density at radius 2 is 2.05 bits per heavy atom. The highest BCUT2D eigenvalue weighted by Gasteiger charge is 2.21. The lowest BCUT2D eigenvalue weighted by molar-refractivity contribution is -0.124. The van der Waals surface area contributed by atoms with Crippen LogP contribution < -0.4 is 11.1 Å². The van der Waals surface area contributed by atoms with E-state index < -0.39 is 6.04 Å². The molecule has 19 heavy (non-hydrogen) atoms. The highest BCUT2D eigenvalue weighted by atomic mass is 19.1. The second-order valence-corrected chi connectivity index (χ2v) is 5.15. The highest BCUT2D eigenvalue weighted by molar-refractivity contribution is 5.82. The lowest BCUT2D eigenvalue weighted by atomic mass is 9.98. The Balaban J connectivity index is 2.71. The Kier molecular flexibility index (Phi) is 5.48. The molecule has 0 radical (unpaired) electrons. The molecule has 3 N–H and O–H groups in total. The van der Waals surface area contributed by atoms with Gasteiger partial charge in [0.05, 0.1) is 12.1 Å². The molecule has 0 bridgehead atoms. The van der Waals surface area contributed by atoms with E-state index in [1.807, 2.05) is 26.8 Å². The molecule has 1 aromatic carbocycles. The van der Waals surface area contributed by atoms with Crippen molar-refractivity contribution in [1.82, 2.24) is 5.32 Å². The number of hydrogen-bond donors (Lipinski definition) is 2. The Bertz CT molecular complexity index is 448. The minimum atomic E-state index is -0.525. The molecular formula is C15H23FN2O. The van der Waals surface area contributed by atoms with E-state index in [9.17, 15) is 9.18 Å². The van der Waals surface area contributed by atoms with Crippen molar-refractivity contribution in [3.63, 3.8) is 0 Å². The molecular weight excluding hydrogens is 243 g/mol. The molecule has 106 valence electrons. The lowest BCUT2D eigenvalue weighted by Crippen LogP contribution is -2.45. The molecule has 1 amide bonds. The number of carbonyl (C=O) groups is 1. The Hall–Kier alpha value is -1.42. The van der Waals surface area contributed by atoms with Crippen molar-refractivity contribution in [1.29, 1.82) is 0 Å². The van der Waals surface area contributed by atoms with Gasteiger partial charge in [-0.15, -0.1) is 0 Å². The van der Waals surface area contributed by atoms with Gasteiger partial charge in [0, 0.05) is 0 Å². The number of aryl methyl sites for hydroxylation is 1. The molecule has 3 atom stereocenters. The first-order valence-corrected chi connectivity index (χ1v) is 6.68. The predicted octanol–water partition coefficient (Wildman–Crippen LogP) is 2.68. The summed E-state index contributed by atoms with van der Waals surface area (Å²) in [6.07, 6.45) is 0.849. The van der Waals surface area contributed by atoms with Crippen LogP contribution >= 0.6 is 0 Å². The fraction of sp³-hybridized carbons (Fsp3) is 0.533. The minimum absolute atomic E-state index is 0.127. The summed E-state index contributed by atoms with van der Waals surface area (Å²) in [7, 11) is 0. The SMILES string of the molecule is CCC(C)C(N)C(=O)NC(C)c1ccc(C)c(F)c1. The van der Waals surface area contributed by atoms with Crippen LogP contribution in [-0.4, -0.2) is 11.9 Å². The van der Waals surface area contributed by atoms with Crippen LogP contribution in [0.25, 0.3) is 0 Å². The summed E-state index contributed by atoms with van der Waals surface area (Å²) >= 11 is 0. The van der Waals surface area contributed by atoms with Gasteiger partial charge in [0.1, 0.15) is 5.82 Å². The van der Waals surface area contributed by atoms with Gasteiger partial charge in [-0.25, -0.2) is 4.39 Å². The first-order chi connectivity index (χ1) is 8.86. The third-order valence-corrected chi connectivity index (χ3v) is 3.61. The molecule has 3 unspecified atom stereocenters. The number of nitrogens with two attached hydrogens (primary N) is 1. The summed E-state index contributed by atoms with van der Waals surface area (Å²) in [4.78, 5) is 11.9. The second kappa shape index (κ2) is 6.66. The molecule has 1 rings (SSSR count). The predicted molar refractivity (Wildman–Crippen MR) is 75.1 cm³/mol. The van der Waals surface area contributed by atoms with E-state index in [4.69, 9.17) is 5.73 Å². The Morgan fingerprint density at radius 3 is 2.58 bits per heavy atom. The van der Waals surface area contributed by atoms with Crippen molar-refractivity contribution < 1.29 is 9.18 Å². The summed E-state index contributed by atoms with van der Waals surface area (Å²) in [6.45, 7) is 7.48. The average molecular weight is 266 g/mol. The topological polar surface area (TPSA) is 55.1 Å². The summed E-state index contributed by atoms with van der Waals surface area (Å²) in [5.74, 6) is -0.324. The van der Waals surface area contributed by atoms with Gasteiger partial charge < -0.3 is 11.1 Å². The van der Waals surface area contributed by atoms with Crippen LogP contribution in [0, 0.1) is 18.7 Å². The van der Waals surface area contributed by atoms with Gasteiger partial charge in [0.2, 0.25) is 5.91 Å². The van der Waals surface area contributed by atoms with E-state index >= 15 is 0 Å². The van der Waals surface area contributed by atoms with Gasteiger partial charge in [-0.2, -0.15) is 0 Å². The number of nitrogens with one attached hydrogen (secondary N) is 1. The maximum atomic E-state index is 13.5. The van der Waals surface area contributed by atoms with Crippen LogP contribution in [-0.2, 0) is 4.79 Å². The van der Waals surface area contributed by atoms with Crippen LogP contribution in [0.4, 0.5) is 4.39 Å². The lowest BCUT2D eigenvalue weighted by Gasteiger charge is -2.21. The largest absolute Gasteiger partial charge is 0.348 e. The van der Waals surface area contributed by atoms with E-state index in [1.165, 1.54) is 6.07 Å². The van der Waals surface area contributed by atoms with Crippen molar-refractivity contribution in [3.05, 3.63) is 35.1 Å². The fourth-order valence-corrected chi connectivity index (χ4v) is 1.78. The zero-order valence-corrected chi connectivity index (χ0v) is 12.0. The van der Waals surface area contributed by atoms with Gasteiger partial charge >= 0.3 is 0 Å². The third kappa shape index (κ3) is 4.03. The van der Waals surface area contributed by atoms with Gasteiger partial charge in [-0.3, -0.25) is 4.79 Å². The smallest absolute Gasteiger partial charge is 0.237 e. The van der Waals surface area contributed by atoms with Crippen LogP contribution in [0.1, 0.15) is 44.4 Å². The van der Waals surface area contributed by atoms with Crippen molar-refractivity contribution >= 4 is 5.91 Å². The van der Waals surface area contributed by atoms with E-state index in [0.29, 0.717) is 5.56 Å². The molecule has 0 heterocycles. The minimum Gasteiger partial charge on any atom is -0.348 e. The monoisotopic (exact) mass is 266 g/mol. The van der Waals surface area contributed by atoms with E-state index in [1.54, 1.807) is 13.0 Å². The normalized spacial score (nSPS) is 15.7. The number of halogens is 1. The maximum Gasteiger partial charge on any atom is 0.237 e. The van der Waals surface area contributed by atoms with Crippen LogP contribution in [0.3, 0.4) is 0 Å². The molecule has 0 saturated carbocycles. The first-order valence-electron chi connectivity index (χ1n) is 6.68. The highest BCUT2D eigenvalue weighted by Crippen LogP contribution is 2.17. The summed E-state index contributed by atoms with van der Waals surface area (Å²) in [5, 5.41) is 2.83. The number of rotatable bonds is 5. The van der Waals surface area contributed by atoms with Gasteiger partial charge in [-0.1, -0.05) is 32.4 Å². The van der Waals surface area contributed by atoms with Crippen molar-refractivity contribution in [2.75, 3.05) is 0 Å². The quantitative estimate of drug-likeness (QED) is 0.861. The molecule has 0 saturated heterocycles. The Labute approximate surface area is 114 Å². The zero-order valence-electron chi connectivity index (χ0n) is 12.0. The van der Waals surface area contributed by atoms with Crippen molar-refractivity contribution in [2.45, 2.75) is 46.2 Å². The molecule has 4 heteroatoms. The molecule has 0 spiro atoms. The summed E-state index contributed by atoms with van der Waals surface area (Å²) in [6, 6.07) is 4.20. The number of carbonyl (C=O) groups excluding carboxylic acids is 1. The molecule has 3 nitrogen and oxygen atoms in total. The molecule has 0 aliphatic heterocycles. The number of hydrogen-bond acceptors (Lipinski definition) is 2. The zero-order chi connectivity index (χ0) is 14.6. The standard InChI is InChI=1S/C15H23FN2O/c1-5-9(2)14(17)15(19)18-11(4)12-7-6-10(3)13(16)8-12/h6-9,11,14H,5,17H2,1-4H3,(H,18,19). The summed E-state index contributed by atoms with van der Waals surface area (Å²) < 4.78 is 13.5. The molecule has 0 fully saturated rings. The van der Waals surface area contributed by atoms with Crippen LogP contribution in [0.15, 0.2) is 18.2 Å².